The zero-order valence-electron chi connectivity index (χ0n) is 16.2. The van der Waals surface area contributed by atoms with Gasteiger partial charge in [-0.3, -0.25) is 9.63 Å². The van der Waals surface area contributed by atoms with E-state index in [1.165, 1.54) is 36.6 Å². The molecule has 1 aliphatic heterocycles. The molecule has 1 saturated carbocycles. The Balaban J connectivity index is 1.36. The fraction of sp³-hybridized carbons (Fsp3) is 0.400. The number of hydrogen-bond acceptors (Lipinski definition) is 7. The number of carbonyl (C=O) groups excluding carboxylic acids is 2. The quantitative estimate of drug-likeness (QED) is 0.746. The third-order valence-electron chi connectivity index (χ3n) is 5.26. The summed E-state index contributed by atoms with van der Waals surface area (Å²) in [5.74, 6) is -2.17. The minimum Gasteiger partial charge on any atom is -0.464 e. The minimum absolute atomic E-state index is 0.0421. The molecular formula is C20H20F2N4O4. The Labute approximate surface area is 171 Å². The number of halogens is 2. The van der Waals surface area contributed by atoms with Gasteiger partial charge in [0.2, 0.25) is 11.9 Å². The van der Waals surface area contributed by atoms with Gasteiger partial charge in [0.1, 0.15) is 11.6 Å². The number of hydrogen-bond donors (Lipinski definition) is 1. The molecule has 1 aliphatic carbocycles. The number of nitrogens with zero attached hydrogens (tertiary/aromatic N) is 3. The summed E-state index contributed by atoms with van der Waals surface area (Å²) < 4.78 is 31.8. The minimum atomic E-state index is -0.689. The number of ether oxygens (including phenoxy) is 1. The van der Waals surface area contributed by atoms with Crippen molar-refractivity contribution in [3.63, 3.8) is 0 Å². The number of carbonyl (C=O) groups is 2. The van der Waals surface area contributed by atoms with Crippen LogP contribution in [-0.4, -0.2) is 46.7 Å². The van der Waals surface area contributed by atoms with Gasteiger partial charge >= 0.3 is 5.97 Å². The molecule has 1 aromatic heterocycles. The normalized spacial score (nSPS) is 23.0. The van der Waals surface area contributed by atoms with Gasteiger partial charge in [-0.05, 0) is 36.6 Å². The highest BCUT2D eigenvalue weighted by Crippen LogP contribution is 2.37. The predicted octanol–water partition coefficient (Wildman–Crippen LogP) is 2.64. The van der Waals surface area contributed by atoms with Crippen LogP contribution in [0.3, 0.4) is 0 Å². The summed E-state index contributed by atoms with van der Waals surface area (Å²) >= 11 is 0. The molecule has 0 bridgehead atoms. The first-order chi connectivity index (χ1) is 14.4. The molecule has 0 radical (unpaired) electrons. The topological polar surface area (TPSA) is 93.6 Å². The first-order valence-corrected chi connectivity index (χ1v) is 9.54. The highest BCUT2D eigenvalue weighted by Gasteiger charge is 2.42. The van der Waals surface area contributed by atoms with Gasteiger partial charge in [-0.2, -0.15) is 0 Å². The smallest absolute Gasteiger partial charge is 0.356 e. The van der Waals surface area contributed by atoms with E-state index in [-0.39, 0.29) is 29.5 Å². The zero-order chi connectivity index (χ0) is 21.3. The number of methoxy groups -OCH3 is 1. The molecule has 1 N–H and O–H groups in total. The summed E-state index contributed by atoms with van der Waals surface area (Å²) in [6.07, 6.45) is 2.96. The molecule has 1 saturated heterocycles. The van der Waals surface area contributed by atoms with Crippen LogP contribution in [0, 0.1) is 17.6 Å². The maximum atomic E-state index is 13.6. The molecule has 2 fully saturated rings. The van der Waals surface area contributed by atoms with Crippen LogP contribution in [0.4, 0.5) is 14.7 Å². The molecule has 4 rings (SSSR count). The van der Waals surface area contributed by atoms with Crippen LogP contribution in [0.25, 0.3) is 0 Å². The highest BCUT2D eigenvalue weighted by molar-refractivity contribution is 5.87. The molecule has 2 aromatic rings. The number of rotatable bonds is 5. The predicted molar refractivity (Wildman–Crippen MR) is 100 cm³/mol. The standard InChI is InChI=1S/C20H20F2N4O4/c1-29-19(28)16-2-4-23-20(25-16)24-15-8-12(9-15)18(27)26-17(3-5-30-26)11-6-13(21)10-14(22)7-11/h2,4,6-7,10,12,15,17H,3,5,8-9H2,1H3,(H,23,24,25)/t12-,15+,17-/m0/s1. The molecule has 8 nitrogen and oxygen atoms in total. The fourth-order valence-corrected chi connectivity index (χ4v) is 3.70. The Morgan fingerprint density at radius 2 is 1.97 bits per heavy atom. The van der Waals surface area contributed by atoms with E-state index in [0.29, 0.717) is 31.4 Å². The van der Waals surface area contributed by atoms with Gasteiger partial charge in [0.25, 0.3) is 0 Å². The molecule has 1 amide bonds. The molecule has 2 heterocycles. The fourth-order valence-electron chi connectivity index (χ4n) is 3.70. The van der Waals surface area contributed by atoms with E-state index >= 15 is 0 Å². The van der Waals surface area contributed by atoms with Crippen molar-refractivity contribution in [2.24, 2.45) is 5.92 Å². The van der Waals surface area contributed by atoms with E-state index in [0.717, 1.165) is 6.07 Å². The molecule has 0 unspecified atom stereocenters. The third kappa shape index (κ3) is 4.09. The number of aromatic nitrogens is 2. The Bertz CT molecular complexity index is 947. The molecular weight excluding hydrogens is 398 g/mol. The van der Waals surface area contributed by atoms with Gasteiger partial charge in [-0.1, -0.05) is 0 Å². The number of esters is 1. The van der Waals surface area contributed by atoms with Gasteiger partial charge in [0, 0.05) is 30.6 Å². The number of nitrogens with one attached hydrogen (secondary N) is 1. The number of hydroxylamine groups is 2. The SMILES string of the molecule is COC(=O)c1ccnc(N[C@H]2C[C@@H](C(=O)N3OCC[C@H]3c3cc(F)cc(F)c3)C2)n1. The summed E-state index contributed by atoms with van der Waals surface area (Å²) in [6, 6.07) is 4.13. The Hall–Kier alpha value is -3.14. The molecule has 30 heavy (non-hydrogen) atoms. The van der Waals surface area contributed by atoms with Crippen molar-refractivity contribution < 1.29 is 27.9 Å². The van der Waals surface area contributed by atoms with Crippen LogP contribution >= 0.6 is 0 Å². The van der Waals surface area contributed by atoms with Crippen LogP contribution in [0.15, 0.2) is 30.5 Å². The van der Waals surface area contributed by atoms with Crippen molar-refractivity contribution in [3.8, 4) is 0 Å². The van der Waals surface area contributed by atoms with E-state index in [4.69, 9.17) is 4.84 Å². The Kier molecular flexibility index (Phi) is 5.58. The van der Waals surface area contributed by atoms with Gasteiger partial charge in [-0.25, -0.2) is 28.6 Å². The van der Waals surface area contributed by atoms with E-state index in [1.54, 1.807) is 0 Å². The summed E-state index contributed by atoms with van der Waals surface area (Å²) in [4.78, 5) is 38.1. The Morgan fingerprint density at radius 3 is 2.67 bits per heavy atom. The van der Waals surface area contributed by atoms with Gasteiger partial charge in [0.05, 0.1) is 19.8 Å². The summed E-state index contributed by atoms with van der Waals surface area (Å²) in [5, 5.41) is 4.33. The molecule has 1 atom stereocenters. The van der Waals surface area contributed by atoms with Crippen LogP contribution in [0.1, 0.15) is 41.4 Å². The van der Waals surface area contributed by atoms with Crippen molar-refractivity contribution >= 4 is 17.8 Å². The number of benzene rings is 1. The van der Waals surface area contributed by atoms with Crippen molar-refractivity contribution in [1.82, 2.24) is 15.0 Å². The van der Waals surface area contributed by atoms with Crippen LogP contribution < -0.4 is 5.32 Å². The van der Waals surface area contributed by atoms with Crippen LogP contribution in [0.2, 0.25) is 0 Å². The third-order valence-corrected chi connectivity index (χ3v) is 5.26. The molecule has 158 valence electrons. The zero-order valence-corrected chi connectivity index (χ0v) is 16.2. The van der Waals surface area contributed by atoms with E-state index in [1.807, 2.05) is 0 Å². The first-order valence-electron chi connectivity index (χ1n) is 9.54. The van der Waals surface area contributed by atoms with E-state index in [2.05, 4.69) is 20.0 Å². The van der Waals surface area contributed by atoms with Crippen molar-refractivity contribution in [1.29, 1.82) is 0 Å². The molecule has 1 aromatic carbocycles. The lowest BCUT2D eigenvalue weighted by atomic mass is 9.79. The maximum Gasteiger partial charge on any atom is 0.356 e. The second-order valence-electron chi connectivity index (χ2n) is 7.27. The lowest BCUT2D eigenvalue weighted by Gasteiger charge is -2.37. The van der Waals surface area contributed by atoms with Crippen molar-refractivity contribution in [2.75, 3.05) is 19.0 Å². The van der Waals surface area contributed by atoms with Crippen LogP contribution in [-0.2, 0) is 14.4 Å². The highest BCUT2D eigenvalue weighted by atomic mass is 19.1. The lowest BCUT2D eigenvalue weighted by molar-refractivity contribution is -0.184. The van der Waals surface area contributed by atoms with Gasteiger partial charge in [-0.15, -0.1) is 0 Å². The van der Waals surface area contributed by atoms with Crippen molar-refractivity contribution in [3.05, 3.63) is 53.4 Å². The van der Waals surface area contributed by atoms with Crippen molar-refractivity contribution in [2.45, 2.75) is 31.3 Å². The van der Waals surface area contributed by atoms with Gasteiger partial charge in [0.15, 0.2) is 5.69 Å². The monoisotopic (exact) mass is 418 g/mol. The van der Waals surface area contributed by atoms with Crippen LogP contribution in [0.5, 0.6) is 0 Å². The molecule has 10 heteroatoms. The number of amides is 1. The van der Waals surface area contributed by atoms with E-state index < -0.39 is 23.6 Å². The first kappa shape index (κ1) is 20.1. The average Bonchev–Trinajstić information content (AvgIpc) is 3.19. The average molecular weight is 418 g/mol. The molecule has 0 spiro atoms. The van der Waals surface area contributed by atoms with E-state index in [9.17, 15) is 18.4 Å². The second-order valence-corrected chi connectivity index (χ2v) is 7.27. The van der Waals surface area contributed by atoms with Gasteiger partial charge < -0.3 is 10.1 Å². The number of anilines is 1. The summed E-state index contributed by atoms with van der Waals surface area (Å²) in [6.45, 7) is 0.303. The molecule has 2 aliphatic rings. The maximum absolute atomic E-state index is 13.6. The second kappa shape index (κ2) is 8.31. The largest absolute Gasteiger partial charge is 0.464 e. The lowest BCUT2D eigenvalue weighted by Crippen LogP contribution is -2.45. The summed E-state index contributed by atoms with van der Waals surface area (Å²) in [7, 11) is 1.27. The Morgan fingerprint density at radius 1 is 1.23 bits per heavy atom. The summed E-state index contributed by atoms with van der Waals surface area (Å²) in [5.41, 5.74) is 0.512.